The maximum absolute atomic E-state index is 12.3. The van der Waals surface area contributed by atoms with E-state index in [-0.39, 0.29) is 18.2 Å². The highest BCUT2D eigenvalue weighted by Crippen LogP contribution is 2.43. The number of nitrogens with two attached hydrogens (primary N) is 1. The number of aryl methyl sites for hydroxylation is 1. The van der Waals surface area contributed by atoms with E-state index in [0.717, 1.165) is 16.7 Å². The van der Waals surface area contributed by atoms with E-state index in [1.54, 1.807) is 31.4 Å². The van der Waals surface area contributed by atoms with Gasteiger partial charge in [-0.1, -0.05) is 36.4 Å². The Morgan fingerprint density at radius 2 is 1.91 bits per heavy atom. The molecule has 0 saturated carbocycles. The second-order valence-electron chi connectivity index (χ2n) is 7.43. The summed E-state index contributed by atoms with van der Waals surface area (Å²) in [6.07, 6.45) is 0. The Balaban J connectivity index is 1.57. The second-order valence-corrected chi connectivity index (χ2v) is 7.43. The van der Waals surface area contributed by atoms with Gasteiger partial charge < -0.3 is 24.7 Å². The van der Waals surface area contributed by atoms with Crippen LogP contribution in [0.4, 0.5) is 0 Å². The van der Waals surface area contributed by atoms with E-state index in [1.165, 1.54) is 0 Å². The quantitative estimate of drug-likeness (QED) is 0.450. The van der Waals surface area contributed by atoms with E-state index in [1.807, 2.05) is 49.4 Å². The monoisotopic (exact) mass is 442 g/mol. The fraction of sp³-hybridized carbons (Fsp3) is 0.154. The van der Waals surface area contributed by atoms with Crippen molar-refractivity contribution in [1.29, 1.82) is 5.26 Å². The van der Waals surface area contributed by atoms with Gasteiger partial charge in [-0.05, 0) is 42.3 Å². The van der Waals surface area contributed by atoms with Crippen LogP contribution >= 0.6 is 0 Å². The van der Waals surface area contributed by atoms with Crippen LogP contribution in [0.3, 0.4) is 0 Å². The van der Waals surface area contributed by atoms with E-state index < -0.39 is 11.9 Å². The Bertz CT molecular complexity index is 1280. The number of esters is 1. The van der Waals surface area contributed by atoms with E-state index in [9.17, 15) is 10.1 Å². The Morgan fingerprint density at radius 1 is 1.09 bits per heavy atom. The van der Waals surface area contributed by atoms with Crippen molar-refractivity contribution in [2.24, 2.45) is 5.73 Å². The number of methoxy groups -OCH3 is 1. The molecule has 0 aliphatic carbocycles. The zero-order chi connectivity index (χ0) is 23.4. The predicted octanol–water partition coefficient (Wildman–Crippen LogP) is 4.21. The van der Waals surface area contributed by atoms with Crippen molar-refractivity contribution in [3.05, 3.63) is 94.9 Å². The lowest BCUT2D eigenvalue weighted by atomic mass is 9.83. The fourth-order valence-corrected chi connectivity index (χ4v) is 3.68. The van der Waals surface area contributed by atoms with Crippen LogP contribution in [0.25, 0.3) is 0 Å². The molecule has 0 spiro atoms. The molecule has 2 N–H and O–H groups in total. The first-order chi connectivity index (χ1) is 16.0. The molecule has 3 aromatic carbocycles. The Morgan fingerprint density at radius 3 is 2.67 bits per heavy atom. The molecule has 0 bridgehead atoms. The highest BCUT2D eigenvalue weighted by molar-refractivity contribution is 5.74. The maximum atomic E-state index is 12.3. The van der Waals surface area contributed by atoms with Crippen molar-refractivity contribution in [2.45, 2.75) is 12.8 Å². The largest absolute Gasteiger partial charge is 0.497 e. The first-order valence-electron chi connectivity index (χ1n) is 10.2. The van der Waals surface area contributed by atoms with Crippen molar-refractivity contribution in [3.63, 3.8) is 0 Å². The molecular weight excluding hydrogens is 420 g/mol. The van der Waals surface area contributed by atoms with Gasteiger partial charge in [0.05, 0.1) is 13.0 Å². The lowest BCUT2D eigenvalue weighted by Gasteiger charge is -2.27. The molecule has 0 saturated heterocycles. The molecule has 1 aliphatic heterocycles. The fourth-order valence-electron chi connectivity index (χ4n) is 3.68. The molecule has 33 heavy (non-hydrogen) atoms. The molecule has 0 radical (unpaired) electrons. The normalized spacial score (nSPS) is 14.5. The van der Waals surface area contributed by atoms with Crippen molar-refractivity contribution < 1.29 is 23.7 Å². The summed E-state index contributed by atoms with van der Waals surface area (Å²) in [6, 6.07) is 22.0. The van der Waals surface area contributed by atoms with Crippen molar-refractivity contribution in [1.82, 2.24) is 0 Å². The predicted molar refractivity (Wildman–Crippen MR) is 121 cm³/mol. The molecular formula is C26H22N2O5. The number of para-hydroxylation sites is 1. The van der Waals surface area contributed by atoms with Gasteiger partial charge in [0.2, 0.25) is 5.88 Å². The molecule has 1 aliphatic rings. The third-order valence-corrected chi connectivity index (χ3v) is 5.29. The van der Waals surface area contributed by atoms with Crippen molar-refractivity contribution in [3.8, 4) is 29.1 Å². The minimum atomic E-state index is -0.556. The average molecular weight is 442 g/mol. The van der Waals surface area contributed by atoms with Crippen LogP contribution in [0.1, 0.15) is 22.6 Å². The van der Waals surface area contributed by atoms with Crippen LogP contribution in [0.5, 0.6) is 23.0 Å². The zero-order valence-electron chi connectivity index (χ0n) is 18.2. The highest BCUT2D eigenvalue weighted by Gasteiger charge is 2.31. The van der Waals surface area contributed by atoms with Gasteiger partial charge in [0.15, 0.2) is 6.61 Å². The van der Waals surface area contributed by atoms with Crippen LogP contribution < -0.4 is 24.7 Å². The lowest BCUT2D eigenvalue weighted by Crippen LogP contribution is -2.21. The summed E-state index contributed by atoms with van der Waals surface area (Å²) in [6.45, 7) is 1.66. The van der Waals surface area contributed by atoms with Gasteiger partial charge in [-0.15, -0.1) is 0 Å². The molecule has 4 rings (SSSR count). The molecule has 3 aromatic rings. The number of nitriles is 1. The van der Waals surface area contributed by atoms with Gasteiger partial charge in [0, 0.05) is 11.6 Å². The van der Waals surface area contributed by atoms with Gasteiger partial charge >= 0.3 is 5.97 Å². The van der Waals surface area contributed by atoms with Crippen LogP contribution in [-0.4, -0.2) is 19.7 Å². The molecule has 166 valence electrons. The number of benzene rings is 3. The van der Waals surface area contributed by atoms with E-state index in [2.05, 4.69) is 6.07 Å². The van der Waals surface area contributed by atoms with Crippen LogP contribution in [0.2, 0.25) is 0 Å². The van der Waals surface area contributed by atoms with Gasteiger partial charge in [0.25, 0.3) is 0 Å². The number of ether oxygens (including phenoxy) is 4. The number of allylic oxidation sites excluding steroid dienone is 1. The SMILES string of the molecule is COc1cccc(C2C(C#N)=C(N)Oc3cc(OC(=O)COc4ccccc4C)ccc32)c1. The van der Waals surface area contributed by atoms with Crippen molar-refractivity contribution >= 4 is 5.97 Å². The minimum absolute atomic E-state index is 0.00387. The maximum Gasteiger partial charge on any atom is 0.349 e. The topological polar surface area (TPSA) is 104 Å². The van der Waals surface area contributed by atoms with Gasteiger partial charge in [-0.3, -0.25) is 0 Å². The van der Waals surface area contributed by atoms with Crippen LogP contribution in [0.15, 0.2) is 78.2 Å². The van der Waals surface area contributed by atoms with E-state index in [4.69, 9.17) is 24.7 Å². The summed E-state index contributed by atoms with van der Waals surface area (Å²) < 4.78 is 22.0. The van der Waals surface area contributed by atoms with Crippen LogP contribution in [-0.2, 0) is 4.79 Å². The first kappa shape index (κ1) is 21.8. The number of nitrogens with zero attached hydrogens (tertiary/aromatic N) is 1. The number of carbonyl (C=O) groups is 1. The number of hydrogen-bond acceptors (Lipinski definition) is 7. The standard InChI is InChI=1S/C26H22N2O5/c1-16-6-3-4-9-22(16)31-15-24(29)32-19-10-11-20-23(13-19)33-26(28)21(14-27)25(20)17-7-5-8-18(12-17)30-2/h3-13,25H,15,28H2,1-2H3. The summed E-state index contributed by atoms with van der Waals surface area (Å²) >= 11 is 0. The van der Waals surface area contributed by atoms with Gasteiger partial charge in [0.1, 0.15) is 34.6 Å². The molecule has 7 heteroatoms. The lowest BCUT2D eigenvalue weighted by molar-refractivity contribution is -0.136. The molecule has 1 atom stereocenters. The third kappa shape index (κ3) is 4.60. The molecule has 0 amide bonds. The summed E-state index contributed by atoms with van der Waals surface area (Å²) in [5.41, 5.74) is 8.83. The van der Waals surface area contributed by atoms with Crippen LogP contribution in [0, 0.1) is 18.3 Å². The summed E-state index contributed by atoms with van der Waals surface area (Å²) in [5, 5.41) is 9.71. The van der Waals surface area contributed by atoms with Crippen molar-refractivity contribution in [2.75, 3.05) is 13.7 Å². The van der Waals surface area contributed by atoms with Gasteiger partial charge in [-0.25, -0.2) is 4.79 Å². The van der Waals surface area contributed by atoms with E-state index in [0.29, 0.717) is 22.8 Å². The Hall–Kier alpha value is -4.44. The molecule has 1 unspecified atom stereocenters. The highest BCUT2D eigenvalue weighted by atomic mass is 16.6. The third-order valence-electron chi connectivity index (χ3n) is 5.29. The summed E-state index contributed by atoms with van der Waals surface area (Å²) in [5.74, 6) is 0.975. The number of carbonyl (C=O) groups excluding carboxylic acids is 1. The zero-order valence-corrected chi connectivity index (χ0v) is 18.2. The summed E-state index contributed by atoms with van der Waals surface area (Å²) in [7, 11) is 1.58. The van der Waals surface area contributed by atoms with E-state index >= 15 is 0 Å². The minimum Gasteiger partial charge on any atom is -0.497 e. The smallest absolute Gasteiger partial charge is 0.349 e. The number of fused-ring (bicyclic) bond motifs is 1. The molecule has 7 nitrogen and oxygen atoms in total. The average Bonchev–Trinajstić information content (AvgIpc) is 2.82. The second kappa shape index (κ2) is 9.37. The molecule has 0 fully saturated rings. The Labute approximate surface area is 191 Å². The summed E-state index contributed by atoms with van der Waals surface area (Å²) in [4.78, 5) is 12.3. The number of rotatable bonds is 6. The molecule has 1 heterocycles. The Kier molecular flexibility index (Phi) is 6.18. The number of hydrogen-bond donors (Lipinski definition) is 1. The molecule has 0 aromatic heterocycles. The first-order valence-corrected chi connectivity index (χ1v) is 10.2. The van der Waals surface area contributed by atoms with Gasteiger partial charge in [-0.2, -0.15) is 5.26 Å².